The van der Waals surface area contributed by atoms with Crippen LogP contribution >= 0.6 is 27.3 Å². The topological polar surface area (TPSA) is 80.9 Å². The Morgan fingerprint density at radius 1 is 1.12 bits per heavy atom. The van der Waals surface area contributed by atoms with Crippen LogP contribution in [0.3, 0.4) is 0 Å². The molecule has 1 N–H and O–H groups in total. The highest BCUT2D eigenvalue weighted by atomic mass is 79.9. The van der Waals surface area contributed by atoms with Crippen molar-refractivity contribution in [3.8, 4) is 5.75 Å². The van der Waals surface area contributed by atoms with E-state index in [0.29, 0.717) is 21.8 Å². The van der Waals surface area contributed by atoms with Gasteiger partial charge in [0.2, 0.25) is 0 Å². The monoisotopic (exact) mass is 506 g/mol. The summed E-state index contributed by atoms with van der Waals surface area (Å²) in [5.74, 6) is -0.306. The van der Waals surface area contributed by atoms with E-state index in [1.165, 1.54) is 11.3 Å². The molecule has 0 aliphatic rings. The number of hydrogen-bond donors (Lipinski definition) is 1. The number of carboxylic acids is 1. The van der Waals surface area contributed by atoms with Gasteiger partial charge in [-0.15, -0.1) is 0 Å². The van der Waals surface area contributed by atoms with Gasteiger partial charge in [-0.05, 0) is 69.5 Å². The zero-order valence-corrected chi connectivity index (χ0v) is 18.9. The average Bonchev–Trinajstić information content (AvgIpc) is 3.29. The predicted molar refractivity (Wildman–Crippen MR) is 128 cm³/mol. The molecule has 0 aliphatic heterocycles. The summed E-state index contributed by atoms with van der Waals surface area (Å²) < 4.78 is 8.87. The minimum atomic E-state index is -0.958. The lowest BCUT2D eigenvalue weighted by Crippen LogP contribution is -2.22. The Morgan fingerprint density at radius 3 is 2.66 bits per heavy atom. The molecule has 32 heavy (non-hydrogen) atoms. The first kappa shape index (κ1) is 20.4. The number of fused-ring (bicyclic) bond motifs is 3. The van der Waals surface area contributed by atoms with Crippen LogP contribution in [0.1, 0.15) is 21.5 Å². The van der Waals surface area contributed by atoms with Crippen LogP contribution in [-0.4, -0.2) is 20.5 Å². The molecule has 0 unspecified atom stereocenters. The van der Waals surface area contributed by atoms with E-state index in [0.717, 1.165) is 26.6 Å². The zero-order chi connectivity index (χ0) is 22.2. The van der Waals surface area contributed by atoms with E-state index in [1.54, 1.807) is 28.7 Å². The van der Waals surface area contributed by atoms with Crippen LogP contribution in [0.25, 0.3) is 22.1 Å². The highest BCUT2D eigenvalue weighted by Gasteiger charge is 2.11. The maximum absolute atomic E-state index is 12.9. The Labute approximate surface area is 194 Å². The van der Waals surface area contributed by atoms with Gasteiger partial charge in [0.15, 0.2) is 4.96 Å². The maximum Gasteiger partial charge on any atom is 0.335 e. The summed E-state index contributed by atoms with van der Waals surface area (Å²) in [6.07, 6.45) is 1.84. The van der Waals surface area contributed by atoms with Crippen molar-refractivity contribution in [1.29, 1.82) is 0 Å². The van der Waals surface area contributed by atoms with Crippen molar-refractivity contribution in [2.24, 2.45) is 0 Å². The van der Waals surface area contributed by atoms with Crippen molar-refractivity contribution in [1.82, 2.24) is 9.38 Å². The number of carbonyl (C=O) groups is 1. The summed E-state index contributed by atoms with van der Waals surface area (Å²) in [5.41, 5.74) is 3.50. The molecular formula is C24H15BrN2O4S. The third-order valence-corrected chi connectivity index (χ3v) is 6.58. The van der Waals surface area contributed by atoms with Gasteiger partial charge < -0.3 is 9.84 Å². The molecule has 0 amide bonds. The number of para-hydroxylation sites is 2. The van der Waals surface area contributed by atoms with Crippen LogP contribution < -0.4 is 14.8 Å². The van der Waals surface area contributed by atoms with Crippen molar-refractivity contribution in [2.75, 3.05) is 0 Å². The fourth-order valence-corrected chi connectivity index (χ4v) is 4.89. The van der Waals surface area contributed by atoms with Gasteiger partial charge in [-0.1, -0.05) is 41.7 Å². The molecule has 0 bridgehead atoms. The van der Waals surface area contributed by atoms with E-state index in [2.05, 4.69) is 20.9 Å². The van der Waals surface area contributed by atoms with Crippen LogP contribution in [0.2, 0.25) is 0 Å². The van der Waals surface area contributed by atoms with Crippen LogP contribution in [0, 0.1) is 0 Å². The van der Waals surface area contributed by atoms with Gasteiger partial charge in [0, 0.05) is 0 Å². The molecule has 0 atom stereocenters. The van der Waals surface area contributed by atoms with Gasteiger partial charge in [-0.3, -0.25) is 4.79 Å². The van der Waals surface area contributed by atoms with Crippen molar-refractivity contribution in [3.05, 3.63) is 103 Å². The van der Waals surface area contributed by atoms with E-state index in [9.17, 15) is 9.59 Å². The van der Waals surface area contributed by atoms with Gasteiger partial charge in [-0.25, -0.2) is 14.2 Å². The minimum Gasteiger partial charge on any atom is -0.488 e. The summed E-state index contributed by atoms with van der Waals surface area (Å²) in [5, 5.41) is 8.98. The molecule has 2 aromatic heterocycles. The molecule has 0 aliphatic carbocycles. The summed E-state index contributed by atoms with van der Waals surface area (Å²) in [7, 11) is 0. The fraction of sp³-hybridized carbons (Fsp3) is 0.0417. The highest BCUT2D eigenvalue weighted by molar-refractivity contribution is 9.10. The number of benzene rings is 3. The Balaban J connectivity index is 1.39. The van der Waals surface area contributed by atoms with Gasteiger partial charge in [0.25, 0.3) is 5.56 Å². The molecule has 0 radical (unpaired) electrons. The number of thiazole rings is 1. The summed E-state index contributed by atoms with van der Waals surface area (Å²) in [4.78, 5) is 29.1. The molecule has 0 spiro atoms. The molecule has 5 aromatic rings. The molecule has 5 rings (SSSR count). The predicted octanol–water partition coefficient (Wildman–Crippen LogP) is 4.50. The number of imidazole rings is 1. The first-order chi connectivity index (χ1) is 15.5. The Kier molecular flexibility index (Phi) is 5.24. The van der Waals surface area contributed by atoms with E-state index in [1.807, 2.05) is 48.5 Å². The second kappa shape index (κ2) is 8.22. The summed E-state index contributed by atoms with van der Waals surface area (Å²) in [6.45, 7) is 0.307. The molecule has 3 aromatic carbocycles. The summed E-state index contributed by atoms with van der Waals surface area (Å²) in [6, 6.07) is 19.8. The molecule has 8 heteroatoms. The second-order valence-corrected chi connectivity index (χ2v) is 8.98. The van der Waals surface area contributed by atoms with Crippen LogP contribution in [0.5, 0.6) is 5.75 Å². The lowest BCUT2D eigenvalue weighted by molar-refractivity contribution is 0.0697. The lowest BCUT2D eigenvalue weighted by atomic mass is 10.1. The van der Waals surface area contributed by atoms with Crippen LogP contribution in [0.15, 0.2) is 76.0 Å². The number of ether oxygens (including phenoxy) is 1. The van der Waals surface area contributed by atoms with Gasteiger partial charge in [-0.2, -0.15) is 0 Å². The number of halogens is 1. The van der Waals surface area contributed by atoms with Crippen LogP contribution in [0.4, 0.5) is 0 Å². The Morgan fingerprint density at radius 2 is 1.91 bits per heavy atom. The van der Waals surface area contributed by atoms with Crippen molar-refractivity contribution in [3.63, 3.8) is 0 Å². The van der Waals surface area contributed by atoms with E-state index in [4.69, 9.17) is 9.84 Å². The van der Waals surface area contributed by atoms with Gasteiger partial charge in [0.05, 0.1) is 25.6 Å². The number of hydrogen-bond acceptors (Lipinski definition) is 5. The lowest BCUT2D eigenvalue weighted by Gasteiger charge is -2.09. The molecule has 158 valence electrons. The molecule has 6 nitrogen and oxygen atoms in total. The van der Waals surface area contributed by atoms with Crippen molar-refractivity contribution < 1.29 is 14.6 Å². The third kappa shape index (κ3) is 3.79. The Hall–Kier alpha value is -3.49. The highest BCUT2D eigenvalue weighted by Crippen LogP contribution is 2.27. The van der Waals surface area contributed by atoms with Gasteiger partial charge >= 0.3 is 5.97 Å². The molecule has 0 fully saturated rings. The van der Waals surface area contributed by atoms with E-state index in [-0.39, 0.29) is 11.1 Å². The fourth-order valence-electron chi connectivity index (χ4n) is 3.39. The molecular weight excluding hydrogens is 492 g/mol. The third-order valence-electron chi connectivity index (χ3n) is 4.99. The smallest absolute Gasteiger partial charge is 0.335 e. The largest absolute Gasteiger partial charge is 0.488 e. The average molecular weight is 507 g/mol. The Bertz CT molecular complexity index is 1590. The van der Waals surface area contributed by atoms with E-state index >= 15 is 0 Å². The normalized spacial score (nSPS) is 12.0. The van der Waals surface area contributed by atoms with Crippen molar-refractivity contribution in [2.45, 2.75) is 6.61 Å². The number of carboxylic acid groups (broad SMARTS) is 1. The SMILES string of the molecule is O=C(O)c1ccc(COc2ccc(/C=c3\sc4nc5ccccc5n4c3=O)cc2Br)cc1. The number of aromatic nitrogens is 2. The van der Waals surface area contributed by atoms with Crippen LogP contribution in [-0.2, 0) is 6.61 Å². The summed E-state index contributed by atoms with van der Waals surface area (Å²) >= 11 is 4.89. The quantitative estimate of drug-likeness (QED) is 0.379. The zero-order valence-electron chi connectivity index (χ0n) is 16.5. The number of nitrogens with zero attached hydrogens (tertiary/aromatic N) is 2. The number of rotatable bonds is 5. The molecule has 0 saturated carbocycles. The van der Waals surface area contributed by atoms with Gasteiger partial charge in [0.1, 0.15) is 12.4 Å². The maximum atomic E-state index is 12.9. The van der Waals surface area contributed by atoms with E-state index < -0.39 is 5.97 Å². The first-order valence-electron chi connectivity index (χ1n) is 9.66. The number of aromatic carboxylic acids is 1. The standard InChI is InChI=1S/C24H15BrN2O4S/c25-17-11-15(7-10-20(17)31-13-14-5-8-16(9-6-14)23(29)30)12-21-22(28)27-19-4-2-1-3-18(19)26-24(27)32-21/h1-12H,13H2,(H,29,30)/b21-12-. The molecule has 2 heterocycles. The molecule has 0 saturated heterocycles. The minimum absolute atomic E-state index is 0.0834. The second-order valence-electron chi connectivity index (χ2n) is 7.11. The first-order valence-corrected chi connectivity index (χ1v) is 11.3. The van der Waals surface area contributed by atoms with Crippen molar-refractivity contribution >= 4 is 55.3 Å².